The molecule has 0 aromatic heterocycles. The maximum atomic E-state index is 12.9. The number of ether oxygens (including phenoxy) is 2. The van der Waals surface area contributed by atoms with Crippen LogP contribution in [0.1, 0.15) is 53.6 Å². The zero-order chi connectivity index (χ0) is 27.3. The summed E-state index contributed by atoms with van der Waals surface area (Å²) in [5, 5.41) is 6.55. The second kappa shape index (κ2) is 12.0. The molecule has 3 aromatic carbocycles. The van der Waals surface area contributed by atoms with Gasteiger partial charge in [0.1, 0.15) is 11.5 Å². The Morgan fingerprint density at radius 2 is 1.82 bits per heavy atom. The van der Waals surface area contributed by atoms with E-state index in [9.17, 15) is 18.0 Å². The van der Waals surface area contributed by atoms with Crippen molar-refractivity contribution in [3.05, 3.63) is 88.4 Å². The van der Waals surface area contributed by atoms with Crippen molar-refractivity contribution < 1.29 is 27.4 Å². The second-order valence-corrected chi connectivity index (χ2v) is 9.68. The Morgan fingerprint density at radius 1 is 1.11 bits per heavy atom. The number of unbranched alkanes of at least 4 members (excludes halogenated alkanes) is 1. The lowest BCUT2D eigenvalue weighted by atomic mass is 9.99. The average Bonchev–Trinajstić information content (AvgIpc) is 3.33. The highest BCUT2D eigenvalue weighted by molar-refractivity contribution is 7.80. The molecule has 0 spiro atoms. The Kier molecular flexibility index (Phi) is 8.79. The molecule has 0 radical (unpaired) electrons. The van der Waals surface area contributed by atoms with E-state index in [-0.39, 0.29) is 10.6 Å². The molecule has 1 aliphatic rings. The summed E-state index contributed by atoms with van der Waals surface area (Å²) in [5.41, 5.74) is 0.851. The zero-order valence-electron chi connectivity index (χ0n) is 20.5. The summed E-state index contributed by atoms with van der Waals surface area (Å²) in [6.45, 7) is 2.51. The van der Waals surface area contributed by atoms with Gasteiger partial charge in [0.15, 0.2) is 0 Å². The van der Waals surface area contributed by atoms with E-state index >= 15 is 0 Å². The first-order valence-corrected chi connectivity index (χ1v) is 12.9. The van der Waals surface area contributed by atoms with E-state index in [0.29, 0.717) is 29.5 Å². The van der Waals surface area contributed by atoms with Crippen LogP contribution in [0.25, 0.3) is 0 Å². The van der Waals surface area contributed by atoms with Gasteiger partial charge in [0.05, 0.1) is 16.5 Å². The van der Waals surface area contributed by atoms with Crippen molar-refractivity contribution in [3.8, 4) is 11.5 Å². The SMILES string of the molecule is CCCCC(Oc1ccc(Cl)cc1)Oc1cccc2c1C(C(=S)NC(=O)c1ccc(C(F)(F)F)cc1)CN2. The van der Waals surface area contributed by atoms with E-state index in [1.54, 1.807) is 24.3 Å². The van der Waals surface area contributed by atoms with Crippen LogP contribution in [0.15, 0.2) is 66.7 Å². The minimum atomic E-state index is -4.48. The maximum Gasteiger partial charge on any atom is 0.416 e. The van der Waals surface area contributed by atoms with Gasteiger partial charge in [-0.3, -0.25) is 4.79 Å². The molecule has 2 atom stereocenters. The van der Waals surface area contributed by atoms with Crippen LogP contribution in [0.3, 0.4) is 0 Å². The fraction of sp³-hybridized carbons (Fsp3) is 0.286. The molecule has 10 heteroatoms. The lowest BCUT2D eigenvalue weighted by Crippen LogP contribution is -2.34. The normalized spacial score (nSPS) is 15.2. The van der Waals surface area contributed by atoms with Gasteiger partial charge >= 0.3 is 6.18 Å². The van der Waals surface area contributed by atoms with Crippen LogP contribution in [-0.4, -0.2) is 23.7 Å². The number of anilines is 1. The van der Waals surface area contributed by atoms with Crippen LogP contribution in [-0.2, 0) is 6.18 Å². The number of alkyl halides is 3. The molecule has 38 heavy (non-hydrogen) atoms. The van der Waals surface area contributed by atoms with E-state index in [0.717, 1.165) is 48.4 Å². The summed E-state index contributed by atoms with van der Waals surface area (Å²) in [6, 6.07) is 16.6. The first-order chi connectivity index (χ1) is 18.2. The molecular formula is C28H26ClF3N2O3S. The molecular weight excluding hydrogens is 537 g/mol. The molecule has 2 N–H and O–H groups in total. The number of fused-ring (bicyclic) bond motifs is 1. The number of carbonyl (C=O) groups is 1. The van der Waals surface area contributed by atoms with E-state index in [1.807, 2.05) is 18.2 Å². The summed E-state index contributed by atoms with van der Waals surface area (Å²) < 4.78 is 51.0. The summed E-state index contributed by atoms with van der Waals surface area (Å²) in [7, 11) is 0. The first-order valence-electron chi connectivity index (χ1n) is 12.1. The molecule has 3 aromatic rings. The Balaban J connectivity index is 1.50. The quantitative estimate of drug-likeness (QED) is 0.208. The molecule has 200 valence electrons. The molecule has 0 fully saturated rings. The number of hydrogen-bond donors (Lipinski definition) is 2. The monoisotopic (exact) mass is 562 g/mol. The van der Waals surface area contributed by atoms with Crippen molar-refractivity contribution in [1.82, 2.24) is 5.32 Å². The van der Waals surface area contributed by atoms with Gasteiger partial charge in [-0.15, -0.1) is 0 Å². The molecule has 0 aliphatic carbocycles. The Labute approximate surface area is 229 Å². The number of amides is 1. The van der Waals surface area contributed by atoms with Crippen LogP contribution in [0.2, 0.25) is 5.02 Å². The first kappa shape index (κ1) is 27.7. The van der Waals surface area contributed by atoms with Crippen LogP contribution < -0.4 is 20.1 Å². The van der Waals surface area contributed by atoms with Crippen LogP contribution in [0.4, 0.5) is 18.9 Å². The third kappa shape index (κ3) is 6.76. The van der Waals surface area contributed by atoms with E-state index in [2.05, 4.69) is 17.6 Å². The van der Waals surface area contributed by atoms with Gasteiger partial charge in [-0.05, 0) is 67.1 Å². The molecule has 0 saturated carbocycles. The van der Waals surface area contributed by atoms with Gasteiger partial charge in [-0.2, -0.15) is 13.2 Å². The summed E-state index contributed by atoms with van der Waals surface area (Å²) in [6.07, 6.45) is -2.56. The fourth-order valence-corrected chi connectivity index (χ4v) is 4.52. The molecule has 0 bridgehead atoms. The van der Waals surface area contributed by atoms with Crippen molar-refractivity contribution in [1.29, 1.82) is 0 Å². The van der Waals surface area contributed by atoms with Gasteiger partial charge in [-0.1, -0.05) is 43.2 Å². The van der Waals surface area contributed by atoms with Crippen molar-refractivity contribution in [2.24, 2.45) is 0 Å². The minimum absolute atomic E-state index is 0.0760. The lowest BCUT2D eigenvalue weighted by Gasteiger charge is -2.23. The number of halogens is 4. The standard InChI is InChI=1S/C28H26ClF3N2O3S/c1-2-3-7-24(36-20-14-12-19(29)13-15-20)37-23-6-4-5-22-25(23)21(16-33-22)27(38)34-26(35)17-8-10-18(11-9-17)28(30,31)32/h4-6,8-15,21,24,33H,2-3,7,16H2,1H3,(H,34,35,38). The van der Waals surface area contributed by atoms with Crippen molar-refractivity contribution >= 4 is 40.4 Å². The van der Waals surface area contributed by atoms with E-state index in [1.165, 1.54) is 0 Å². The highest BCUT2D eigenvalue weighted by Gasteiger charge is 2.32. The minimum Gasteiger partial charge on any atom is -0.455 e. The Hall–Kier alpha value is -3.30. The molecule has 1 heterocycles. The Morgan fingerprint density at radius 3 is 2.47 bits per heavy atom. The van der Waals surface area contributed by atoms with Crippen LogP contribution in [0.5, 0.6) is 11.5 Å². The molecule has 2 unspecified atom stereocenters. The van der Waals surface area contributed by atoms with Gasteiger partial charge in [0.2, 0.25) is 6.29 Å². The predicted molar refractivity (Wildman–Crippen MR) is 145 cm³/mol. The smallest absolute Gasteiger partial charge is 0.416 e. The summed E-state index contributed by atoms with van der Waals surface area (Å²) >= 11 is 11.6. The Bertz CT molecular complexity index is 1280. The molecule has 1 amide bonds. The lowest BCUT2D eigenvalue weighted by molar-refractivity contribution is -0.137. The van der Waals surface area contributed by atoms with Crippen molar-refractivity contribution in [2.75, 3.05) is 11.9 Å². The van der Waals surface area contributed by atoms with Crippen molar-refractivity contribution in [2.45, 2.75) is 44.6 Å². The van der Waals surface area contributed by atoms with Crippen LogP contribution in [0, 0.1) is 0 Å². The predicted octanol–water partition coefficient (Wildman–Crippen LogP) is 7.60. The van der Waals surface area contributed by atoms with Gasteiger partial charge in [0, 0.05) is 34.8 Å². The fourth-order valence-electron chi connectivity index (χ4n) is 4.10. The summed E-state index contributed by atoms with van der Waals surface area (Å²) in [5.74, 6) is 0.218. The highest BCUT2D eigenvalue weighted by Crippen LogP contribution is 2.40. The zero-order valence-corrected chi connectivity index (χ0v) is 22.1. The number of hydrogen-bond acceptors (Lipinski definition) is 5. The second-order valence-electron chi connectivity index (χ2n) is 8.81. The largest absolute Gasteiger partial charge is 0.455 e. The van der Waals surface area contributed by atoms with E-state index in [4.69, 9.17) is 33.3 Å². The molecule has 4 rings (SSSR count). The van der Waals surface area contributed by atoms with Gasteiger partial charge in [0.25, 0.3) is 5.91 Å². The number of nitrogens with one attached hydrogen (secondary N) is 2. The third-order valence-electron chi connectivity index (χ3n) is 6.07. The average molecular weight is 563 g/mol. The van der Waals surface area contributed by atoms with E-state index < -0.39 is 29.9 Å². The van der Waals surface area contributed by atoms with Gasteiger partial charge in [-0.25, -0.2) is 0 Å². The molecule has 0 saturated heterocycles. The summed E-state index contributed by atoms with van der Waals surface area (Å²) in [4.78, 5) is 13.0. The number of thiocarbonyl (C=S) groups is 1. The third-order valence-corrected chi connectivity index (χ3v) is 6.71. The number of benzene rings is 3. The number of carbonyl (C=O) groups excluding carboxylic acids is 1. The topological polar surface area (TPSA) is 59.6 Å². The maximum absolute atomic E-state index is 12.9. The molecule has 5 nitrogen and oxygen atoms in total. The van der Waals surface area contributed by atoms with Gasteiger partial charge < -0.3 is 20.1 Å². The van der Waals surface area contributed by atoms with Crippen LogP contribution >= 0.6 is 23.8 Å². The van der Waals surface area contributed by atoms with Crippen molar-refractivity contribution in [3.63, 3.8) is 0 Å². The number of rotatable bonds is 9. The highest BCUT2D eigenvalue weighted by atomic mass is 35.5. The molecule has 1 aliphatic heterocycles.